The lowest BCUT2D eigenvalue weighted by Gasteiger charge is -2.08. The molecule has 0 bridgehead atoms. The lowest BCUT2D eigenvalue weighted by Crippen LogP contribution is -2.16. The van der Waals surface area contributed by atoms with Crippen molar-refractivity contribution in [3.8, 4) is 0 Å². The van der Waals surface area contributed by atoms with E-state index in [1.165, 1.54) is 0 Å². The van der Waals surface area contributed by atoms with Crippen LogP contribution in [-0.4, -0.2) is 20.6 Å². The Bertz CT molecular complexity index is 332. The predicted octanol–water partition coefficient (Wildman–Crippen LogP) is 1.38. The Morgan fingerprint density at radius 1 is 1.57 bits per heavy atom. The monoisotopic (exact) mass is 208 g/mol. The Morgan fingerprint density at radius 3 is 2.71 bits per heavy atom. The van der Waals surface area contributed by atoms with E-state index in [4.69, 9.17) is 5.11 Å². The van der Waals surface area contributed by atoms with Crippen LogP contribution in [0, 0.1) is 0 Å². The number of nitrogens with zero attached hydrogens (tertiary/aromatic N) is 2. The number of carboxylic acids is 1. The molecule has 0 saturated carbocycles. The zero-order chi connectivity index (χ0) is 10.8. The van der Waals surface area contributed by atoms with Gasteiger partial charge >= 0.3 is 12.1 Å². The lowest BCUT2D eigenvalue weighted by molar-refractivity contribution is -0.148. The number of carboxylic acid groups (broad SMARTS) is 1. The molecule has 0 radical (unpaired) electrons. The second-order valence-electron chi connectivity index (χ2n) is 2.59. The van der Waals surface area contributed by atoms with Crippen LogP contribution in [0.2, 0.25) is 0 Å². The Balaban J connectivity index is 2.78. The van der Waals surface area contributed by atoms with Gasteiger partial charge in [-0.2, -0.15) is 13.2 Å². The molecule has 0 unspecified atom stereocenters. The van der Waals surface area contributed by atoms with E-state index in [0.717, 1.165) is 17.0 Å². The maximum Gasteiger partial charge on any atom is 0.449 e. The Hall–Kier alpha value is -1.53. The van der Waals surface area contributed by atoms with Crippen LogP contribution in [0.25, 0.3) is 0 Å². The molecule has 0 aliphatic heterocycles. The number of rotatable bonds is 3. The highest BCUT2D eigenvalue weighted by Gasteiger charge is 2.35. The van der Waals surface area contributed by atoms with Crippen molar-refractivity contribution in [2.75, 3.05) is 0 Å². The van der Waals surface area contributed by atoms with Gasteiger partial charge in [0, 0.05) is 18.9 Å². The Kier molecular flexibility index (Phi) is 2.78. The number of aryl methyl sites for hydroxylation is 1. The van der Waals surface area contributed by atoms with Crippen LogP contribution in [0.15, 0.2) is 12.4 Å². The highest BCUT2D eigenvalue weighted by Crippen LogP contribution is 2.27. The first-order valence-electron chi connectivity index (χ1n) is 3.71. The summed E-state index contributed by atoms with van der Waals surface area (Å²) in [5.74, 6) is -2.22. The number of aromatic nitrogens is 2. The number of alkyl halides is 3. The molecule has 0 aromatic carbocycles. The Morgan fingerprint density at radius 2 is 2.21 bits per heavy atom. The number of imidazole rings is 1. The van der Waals surface area contributed by atoms with E-state index in [0.29, 0.717) is 0 Å². The molecule has 0 fully saturated rings. The van der Waals surface area contributed by atoms with Gasteiger partial charge in [0.2, 0.25) is 5.82 Å². The molecular formula is C7H7F3N2O2. The average Bonchev–Trinajstić information content (AvgIpc) is 2.46. The quantitative estimate of drug-likeness (QED) is 0.816. The standard InChI is InChI=1S/C7H7F3N2O2/c8-7(9,10)6-11-2-4-12(6)3-1-5(13)14/h2,4H,1,3H2,(H,13,14). The minimum atomic E-state index is -4.54. The zero-order valence-electron chi connectivity index (χ0n) is 6.95. The number of hydrogen-bond acceptors (Lipinski definition) is 2. The molecule has 1 rings (SSSR count). The molecule has 0 amide bonds. The summed E-state index contributed by atoms with van der Waals surface area (Å²) in [5.41, 5.74) is 0. The van der Waals surface area contributed by atoms with E-state index in [2.05, 4.69) is 4.98 Å². The topological polar surface area (TPSA) is 55.1 Å². The van der Waals surface area contributed by atoms with E-state index in [1.807, 2.05) is 0 Å². The van der Waals surface area contributed by atoms with Gasteiger partial charge in [0.15, 0.2) is 0 Å². The third kappa shape index (κ3) is 2.48. The first-order valence-corrected chi connectivity index (χ1v) is 3.71. The van der Waals surface area contributed by atoms with Crippen molar-refractivity contribution in [1.29, 1.82) is 0 Å². The number of halogens is 3. The van der Waals surface area contributed by atoms with Gasteiger partial charge in [0.05, 0.1) is 6.42 Å². The highest BCUT2D eigenvalue weighted by atomic mass is 19.4. The predicted molar refractivity (Wildman–Crippen MR) is 39.5 cm³/mol. The minimum absolute atomic E-state index is 0.232. The highest BCUT2D eigenvalue weighted by molar-refractivity contribution is 5.66. The van der Waals surface area contributed by atoms with Crippen molar-refractivity contribution in [3.05, 3.63) is 18.2 Å². The molecule has 4 nitrogen and oxygen atoms in total. The molecule has 1 aromatic rings. The fourth-order valence-electron chi connectivity index (χ4n) is 0.962. The van der Waals surface area contributed by atoms with Crippen molar-refractivity contribution in [3.63, 3.8) is 0 Å². The molecule has 0 saturated heterocycles. The summed E-state index contributed by atoms with van der Waals surface area (Å²) < 4.78 is 37.3. The summed E-state index contributed by atoms with van der Waals surface area (Å²) in [5, 5.41) is 8.29. The molecule has 1 heterocycles. The maximum absolute atomic E-state index is 12.2. The van der Waals surface area contributed by atoms with Crippen LogP contribution >= 0.6 is 0 Å². The fraction of sp³-hybridized carbons (Fsp3) is 0.429. The van der Waals surface area contributed by atoms with Crippen molar-refractivity contribution < 1.29 is 23.1 Å². The van der Waals surface area contributed by atoms with Gasteiger partial charge in [0.25, 0.3) is 0 Å². The van der Waals surface area contributed by atoms with E-state index in [9.17, 15) is 18.0 Å². The van der Waals surface area contributed by atoms with Crippen LogP contribution in [-0.2, 0) is 17.5 Å². The van der Waals surface area contributed by atoms with E-state index < -0.39 is 18.0 Å². The second-order valence-corrected chi connectivity index (χ2v) is 2.59. The zero-order valence-corrected chi connectivity index (χ0v) is 6.95. The minimum Gasteiger partial charge on any atom is -0.481 e. The van der Waals surface area contributed by atoms with Gasteiger partial charge in [-0.05, 0) is 0 Å². The summed E-state index contributed by atoms with van der Waals surface area (Å²) >= 11 is 0. The normalized spacial score (nSPS) is 11.6. The number of aliphatic carboxylic acids is 1. The lowest BCUT2D eigenvalue weighted by atomic mass is 10.4. The molecule has 0 atom stereocenters. The van der Waals surface area contributed by atoms with Gasteiger partial charge in [0.1, 0.15) is 0 Å². The second kappa shape index (κ2) is 3.69. The van der Waals surface area contributed by atoms with Gasteiger partial charge in [-0.15, -0.1) is 0 Å². The van der Waals surface area contributed by atoms with Crippen LogP contribution in [0.4, 0.5) is 13.2 Å². The molecule has 78 valence electrons. The molecule has 1 N–H and O–H groups in total. The molecule has 0 spiro atoms. The summed E-state index contributed by atoms with van der Waals surface area (Å²) in [6.07, 6.45) is -2.81. The fourth-order valence-corrected chi connectivity index (χ4v) is 0.962. The Labute approximate surface area is 77.0 Å². The van der Waals surface area contributed by atoms with E-state index >= 15 is 0 Å². The summed E-state index contributed by atoms with van der Waals surface area (Å²) in [6.45, 7) is -0.232. The first kappa shape index (κ1) is 10.6. The SMILES string of the molecule is O=C(O)CCn1ccnc1C(F)(F)F. The summed E-state index contributed by atoms with van der Waals surface area (Å²) in [6, 6.07) is 0. The van der Waals surface area contributed by atoms with Gasteiger partial charge in [-0.3, -0.25) is 4.79 Å². The van der Waals surface area contributed by atoms with Crippen LogP contribution in [0.3, 0.4) is 0 Å². The maximum atomic E-state index is 12.2. The van der Waals surface area contributed by atoms with Gasteiger partial charge in [-0.1, -0.05) is 0 Å². The molecule has 0 aliphatic carbocycles. The smallest absolute Gasteiger partial charge is 0.449 e. The van der Waals surface area contributed by atoms with Crippen LogP contribution in [0.5, 0.6) is 0 Å². The van der Waals surface area contributed by atoms with Crippen molar-refractivity contribution in [2.45, 2.75) is 19.1 Å². The van der Waals surface area contributed by atoms with Crippen molar-refractivity contribution in [1.82, 2.24) is 9.55 Å². The first-order chi connectivity index (χ1) is 6.41. The molecule has 7 heteroatoms. The van der Waals surface area contributed by atoms with E-state index in [-0.39, 0.29) is 13.0 Å². The van der Waals surface area contributed by atoms with Gasteiger partial charge < -0.3 is 9.67 Å². The van der Waals surface area contributed by atoms with Crippen LogP contribution < -0.4 is 0 Å². The molecule has 14 heavy (non-hydrogen) atoms. The third-order valence-electron chi connectivity index (χ3n) is 1.54. The number of hydrogen-bond donors (Lipinski definition) is 1. The van der Waals surface area contributed by atoms with Crippen LogP contribution in [0.1, 0.15) is 12.2 Å². The largest absolute Gasteiger partial charge is 0.481 e. The average molecular weight is 208 g/mol. The summed E-state index contributed by atoms with van der Waals surface area (Å²) in [7, 11) is 0. The third-order valence-corrected chi connectivity index (χ3v) is 1.54. The summed E-state index contributed by atoms with van der Waals surface area (Å²) in [4.78, 5) is 13.3. The molecular weight excluding hydrogens is 201 g/mol. The van der Waals surface area contributed by atoms with Crippen molar-refractivity contribution in [2.24, 2.45) is 0 Å². The van der Waals surface area contributed by atoms with Crippen molar-refractivity contribution >= 4 is 5.97 Å². The molecule has 1 aromatic heterocycles. The molecule has 0 aliphatic rings. The number of carbonyl (C=O) groups is 1. The van der Waals surface area contributed by atoms with E-state index in [1.54, 1.807) is 0 Å². The van der Waals surface area contributed by atoms with Gasteiger partial charge in [-0.25, -0.2) is 4.98 Å².